The van der Waals surface area contributed by atoms with Crippen LogP contribution < -0.4 is 5.32 Å². The summed E-state index contributed by atoms with van der Waals surface area (Å²) in [5.41, 5.74) is 1.44. The van der Waals surface area contributed by atoms with Crippen molar-refractivity contribution in [2.75, 3.05) is 25.4 Å². The lowest BCUT2D eigenvalue weighted by Crippen LogP contribution is -2.38. The summed E-state index contributed by atoms with van der Waals surface area (Å²) in [6, 6.07) is 2.22. The highest BCUT2D eigenvalue weighted by Crippen LogP contribution is 2.29. The summed E-state index contributed by atoms with van der Waals surface area (Å²) in [5.74, 6) is 1.55. The first-order valence-electron chi connectivity index (χ1n) is 8.91. The zero-order chi connectivity index (χ0) is 15.9. The Balaban J connectivity index is 1.27. The number of piperidine rings is 1. The summed E-state index contributed by atoms with van der Waals surface area (Å²) >= 11 is 3.64. The van der Waals surface area contributed by atoms with Crippen molar-refractivity contribution in [2.24, 2.45) is 5.92 Å². The fourth-order valence-electron chi connectivity index (χ4n) is 3.55. The largest absolute Gasteiger partial charge is 0.355 e. The van der Waals surface area contributed by atoms with Gasteiger partial charge in [-0.05, 0) is 67.1 Å². The molecular formula is C18H28N2OS2. The number of rotatable bonds is 7. The third-order valence-corrected chi connectivity index (χ3v) is 7.14. The molecule has 1 aliphatic carbocycles. The fraction of sp³-hybridized carbons (Fsp3) is 0.722. The van der Waals surface area contributed by atoms with Gasteiger partial charge in [-0.15, -0.1) is 11.8 Å². The normalized spacial score (nSPS) is 20.9. The van der Waals surface area contributed by atoms with E-state index in [9.17, 15) is 4.79 Å². The van der Waals surface area contributed by atoms with Crippen LogP contribution in [-0.4, -0.2) is 41.4 Å². The number of amides is 1. The Morgan fingerprint density at radius 2 is 2.04 bits per heavy atom. The topological polar surface area (TPSA) is 32.3 Å². The Kier molecular flexibility index (Phi) is 6.84. The second-order valence-electron chi connectivity index (χ2n) is 6.87. The monoisotopic (exact) mass is 352 g/mol. The van der Waals surface area contributed by atoms with Gasteiger partial charge in [-0.1, -0.05) is 12.8 Å². The van der Waals surface area contributed by atoms with Gasteiger partial charge in [0.1, 0.15) is 0 Å². The van der Waals surface area contributed by atoms with E-state index in [-0.39, 0.29) is 5.91 Å². The van der Waals surface area contributed by atoms with Gasteiger partial charge >= 0.3 is 0 Å². The lowest BCUT2D eigenvalue weighted by molar-refractivity contribution is -0.118. The molecule has 1 aromatic heterocycles. The maximum atomic E-state index is 12.0. The van der Waals surface area contributed by atoms with E-state index >= 15 is 0 Å². The van der Waals surface area contributed by atoms with Crippen molar-refractivity contribution in [1.29, 1.82) is 0 Å². The molecule has 1 N–H and O–H groups in total. The Labute approximate surface area is 148 Å². The molecular weight excluding hydrogens is 324 g/mol. The first kappa shape index (κ1) is 17.3. The quantitative estimate of drug-likeness (QED) is 0.811. The maximum Gasteiger partial charge on any atom is 0.230 e. The van der Waals surface area contributed by atoms with Gasteiger partial charge in [0.2, 0.25) is 5.91 Å². The standard InChI is InChI=1S/C18H28N2OS2/c21-18(14-23-17-3-1-2-4-17)19-11-15-5-8-20(9-6-15)12-16-7-10-22-13-16/h7,10,13,15,17H,1-6,8-9,11-12,14H2,(H,19,21). The van der Waals surface area contributed by atoms with Crippen LogP contribution in [0.2, 0.25) is 0 Å². The van der Waals surface area contributed by atoms with Crippen molar-refractivity contribution in [3.8, 4) is 0 Å². The molecule has 3 rings (SSSR count). The van der Waals surface area contributed by atoms with Crippen LogP contribution in [0.25, 0.3) is 0 Å². The van der Waals surface area contributed by atoms with Gasteiger partial charge in [-0.25, -0.2) is 0 Å². The van der Waals surface area contributed by atoms with Crippen molar-refractivity contribution in [3.05, 3.63) is 22.4 Å². The lowest BCUT2D eigenvalue weighted by atomic mass is 9.96. The average molecular weight is 353 g/mol. The number of carbonyl (C=O) groups excluding carboxylic acids is 1. The highest BCUT2D eigenvalue weighted by atomic mass is 32.2. The predicted octanol–water partition coefficient (Wildman–Crippen LogP) is 3.75. The van der Waals surface area contributed by atoms with E-state index in [1.165, 1.54) is 44.1 Å². The van der Waals surface area contributed by atoms with Gasteiger partial charge in [-0.2, -0.15) is 11.3 Å². The molecule has 0 spiro atoms. The zero-order valence-electron chi connectivity index (χ0n) is 13.8. The van der Waals surface area contributed by atoms with Crippen molar-refractivity contribution < 1.29 is 4.79 Å². The Hall–Kier alpha value is -0.520. The van der Waals surface area contributed by atoms with Crippen LogP contribution in [0.1, 0.15) is 44.1 Å². The summed E-state index contributed by atoms with van der Waals surface area (Å²) in [6.45, 7) is 4.28. The van der Waals surface area contributed by atoms with E-state index in [4.69, 9.17) is 0 Å². The average Bonchev–Trinajstić information content (AvgIpc) is 3.26. The molecule has 3 nitrogen and oxygen atoms in total. The number of likely N-dealkylation sites (tertiary alicyclic amines) is 1. The van der Waals surface area contributed by atoms with Crippen LogP contribution in [0.5, 0.6) is 0 Å². The Morgan fingerprint density at radius 1 is 1.26 bits per heavy atom. The molecule has 2 heterocycles. The minimum Gasteiger partial charge on any atom is -0.355 e. The van der Waals surface area contributed by atoms with Gasteiger partial charge in [0.25, 0.3) is 0 Å². The van der Waals surface area contributed by atoms with E-state index in [1.807, 2.05) is 11.8 Å². The molecule has 1 aliphatic heterocycles. The number of carbonyl (C=O) groups is 1. The smallest absolute Gasteiger partial charge is 0.230 e. The molecule has 2 fully saturated rings. The minimum absolute atomic E-state index is 0.239. The van der Waals surface area contributed by atoms with Crippen LogP contribution in [0.4, 0.5) is 0 Å². The van der Waals surface area contributed by atoms with E-state index in [0.717, 1.165) is 31.4 Å². The molecule has 0 atom stereocenters. The number of nitrogens with one attached hydrogen (secondary N) is 1. The molecule has 1 aromatic rings. The summed E-state index contributed by atoms with van der Waals surface area (Å²) in [4.78, 5) is 14.5. The van der Waals surface area contributed by atoms with Gasteiger partial charge in [0.15, 0.2) is 0 Å². The van der Waals surface area contributed by atoms with Crippen molar-refractivity contribution in [2.45, 2.75) is 50.3 Å². The van der Waals surface area contributed by atoms with Gasteiger partial charge < -0.3 is 5.32 Å². The first-order valence-corrected chi connectivity index (χ1v) is 10.9. The second kappa shape index (κ2) is 9.09. The van der Waals surface area contributed by atoms with Crippen molar-refractivity contribution in [1.82, 2.24) is 10.2 Å². The third kappa shape index (κ3) is 5.80. The highest BCUT2D eigenvalue weighted by Gasteiger charge is 2.20. The molecule has 23 heavy (non-hydrogen) atoms. The summed E-state index contributed by atoms with van der Waals surface area (Å²) in [5, 5.41) is 8.30. The summed E-state index contributed by atoms with van der Waals surface area (Å²) in [7, 11) is 0. The maximum absolute atomic E-state index is 12.0. The van der Waals surface area contributed by atoms with Gasteiger partial charge in [0, 0.05) is 18.3 Å². The van der Waals surface area contributed by atoms with Gasteiger partial charge in [0.05, 0.1) is 5.75 Å². The summed E-state index contributed by atoms with van der Waals surface area (Å²) in [6.07, 6.45) is 7.73. The van der Waals surface area contributed by atoms with E-state index in [0.29, 0.717) is 11.7 Å². The highest BCUT2D eigenvalue weighted by molar-refractivity contribution is 8.00. The molecule has 128 valence electrons. The molecule has 1 saturated heterocycles. The Bertz CT molecular complexity index is 463. The van der Waals surface area contributed by atoms with Gasteiger partial charge in [-0.3, -0.25) is 9.69 Å². The van der Waals surface area contributed by atoms with E-state index < -0.39 is 0 Å². The van der Waals surface area contributed by atoms with Crippen LogP contribution in [0, 0.1) is 5.92 Å². The van der Waals surface area contributed by atoms with Crippen molar-refractivity contribution in [3.63, 3.8) is 0 Å². The van der Waals surface area contributed by atoms with E-state index in [2.05, 4.69) is 27.0 Å². The van der Waals surface area contributed by atoms with Crippen LogP contribution >= 0.6 is 23.1 Å². The second-order valence-corrected chi connectivity index (χ2v) is 8.94. The van der Waals surface area contributed by atoms with Crippen LogP contribution in [-0.2, 0) is 11.3 Å². The molecule has 0 bridgehead atoms. The van der Waals surface area contributed by atoms with Crippen LogP contribution in [0.3, 0.4) is 0 Å². The number of hydrogen-bond acceptors (Lipinski definition) is 4. The number of thioether (sulfide) groups is 1. The number of thiophene rings is 1. The molecule has 5 heteroatoms. The Morgan fingerprint density at radius 3 is 2.74 bits per heavy atom. The molecule has 2 aliphatic rings. The number of hydrogen-bond donors (Lipinski definition) is 1. The SMILES string of the molecule is O=C(CSC1CCCC1)NCC1CCN(Cc2ccsc2)CC1. The number of nitrogens with zero attached hydrogens (tertiary/aromatic N) is 1. The lowest BCUT2D eigenvalue weighted by Gasteiger charge is -2.31. The van der Waals surface area contributed by atoms with Crippen molar-refractivity contribution >= 4 is 29.0 Å². The summed E-state index contributed by atoms with van der Waals surface area (Å²) < 4.78 is 0. The third-order valence-electron chi connectivity index (χ3n) is 5.03. The minimum atomic E-state index is 0.239. The fourth-order valence-corrected chi connectivity index (χ4v) is 5.36. The van der Waals surface area contributed by atoms with Crippen LogP contribution in [0.15, 0.2) is 16.8 Å². The molecule has 0 radical (unpaired) electrons. The first-order chi connectivity index (χ1) is 11.3. The molecule has 0 unspecified atom stereocenters. The molecule has 1 saturated carbocycles. The predicted molar refractivity (Wildman–Crippen MR) is 100 cm³/mol. The molecule has 0 aromatic carbocycles. The van der Waals surface area contributed by atoms with E-state index in [1.54, 1.807) is 11.3 Å². The zero-order valence-corrected chi connectivity index (χ0v) is 15.5. The molecule has 1 amide bonds.